The number of rotatable bonds is 6. The zero-order chi connectivity index (χ0) is 11.1. The first kappa shape index (κ1) is 13.4. The Morgan fingerprint density at radius 1 is 1.50 bits per heavy atom. The molecular formula is C10H22N2O2. The van der Waals surface area contributed by atoms with Crippen molar-refractivity contribution in [2.24, 2.45) is 11.7 Å². The molecule has 0 heterocycles. The molecule has 0 saturated heterocycles. The molecule has 0 aromatic carbocycles. The summed E-state index contributed by atoms with van der Waals surface area (Å²) in [6.07, 6.45) is 1.08. The number of carbonyl (C=O) groups excluding carboxylic acids is 1. The molecule has 84 valence electrons. The van der Waals surface area contributed by atoms with Crippen LogP contribution in [0, 0.1) is 5.92 Å². The highest BCUT2D eigenvalue weighted by Crippen LogP contribution is 1.99. The molecule has 0 radical (unpaired) electrons. The third kappa shape index (κ3) is 5.19. The van der Waals surface area contributed by atoms with E-state index in [1.165, 1.54) is 0 Å². The molecule has 0 aromatic rings. The van der Waals surface area contributed by atoms with E-state index in [1.807, 2.05) is 20.8 Å². The monoisotopic (exact) mass is 202 g/mol. The summed E-state index contributed by atoms with van der Waals surface area (Å²) in [6.45, 7) is 6.08. The molecule has 4 nitrogen and oxygen atoms in total. The summed E-state index contributed by atoms with van der Waals surface area (Å²) in [5, 5.41) is 12.1. The molecule has 4 N–H and O–H groups in total. The van der Waals surface area contributed by atoms with E-state index in [9.17, 15) is 9.90 Å². The van der Waals surface area contributed by atoms with Crippen molar-refractivity contribution in [2.75, 3.05) is 6.54 Å². The van der Waals surface area contributed by atoms with Crippen molar-refractivity contribution < 1.29 is 9.90 Å². The average molecular weight is 202 g/mol. The Hall–Kier alpha value is -0.610. The Bertz CT molecular complexity index is 172. The first-order valence-electron chi connectivity index (χ1n) is 5.20. The van der Waals surface area contributed by atoms with Crippen molar-refractivity contribution in [1.82, 2.24) is 5.32 Å². The quantitative estimate of drug-likeness (QED) is 0.578. The molecular weight excluding hydrogens is 180 g/mol. The van der Waals surface area contributed by atoms with Crippen LogP contribution in [0.25, 0.3) is 0 Å². The number of aliphatic hydroxyl groups excluding tert-OH is 1. The number of aliphatic hydroxyl groups is 1. The van der Waals surface area contributed by atoms with Crippen LogP contribution >= 0.6 is 0 Å². The number of carbonyl (C=O) groups is 1. The lowest BCUT2D eigenvalue weighted by molar-refractivity contribution is -0.123. The zero-order valence-electron chi connectivity index (χ0n) is 9.29. The maximum atomic E-state index is 11.3. The van der Waals surface area contributed by atoms with Crippen LogP contribution in [0.5, 0.6) is 0 Å². The molecule has 0 fully saturated rings. The van der Waals surface area contributed by atoms with Gasteiger partial charge in [0.1, 0.15) is 0 Å². The largest absolute Gasteiger partial charge is 0.391 e. The van der Waals surface area contributed by atoms with Crippen LogP contribution in [-0.2, 0) is 4.79 Å². The van der Waals surface area contributed by atoms with Gasteiger partial charge < -0.3 is 16.2 Å². The molecule has 1 unspecified atom stereocenters. The van der Waals surface area contributed by atoms with Crippen molar-refractivity contribution in [2.45, 2.75) is 45.8 Å². The van der Waals surface area contributed by atoms with Gasteiger partial charge in [0.2, 0.25) is 5.91 Å². The normalized spacial score (nSPS) is 15.3. The van der Waals surface area contributed by atoms with E-state index in [-0.39, 0.29) is 18.4 Å². The second-order valence-corrected chi connectivity index (χ2v) is 3.95. The maximum absolute atomic E-state index is 11.3. The van der Waals surface area contributed by atoms with Crippen molar-refractivity contribution in [3.8, 4) is 0 Å². The minimum absolute atomic E-state index is 0.151. The molecule has 0 bridgehead atoms. The fourth-order valence-corrected chi connectivity index (χ4v) is 1.01. The first-order valence-corrected chi connectivity index (χ1v) is 5.20. The molecule has 0 aliphatic rings. The predicted octanol–water partition coefficient (Wildman–Crippen LogP) is 0.247. The average Bonchev–Trinajstić information content (AvgIpc) is 2.13. The van der Waals surface area contributed by atoms with E-state index in [1.54, 1.807) is 0 Å². The van der Waals surface area contributed by atoms with Gasteiger partial charge in [0.15, 0.2) is 0 Å². The van der Waals surface area contributed by atoms with Gasteiger partial charge in [0.05, 0.1) is 12.1 Å². The maximum Gasteiger partial charge on any atom is 0.237 e. The van der Waals surface area contributed by atoms with Crippen LogP contribution in [0.2, 0.25) is 0 Å². The molecule has 2 atom stereocenters. The van der Waals surface area contributed by atoms with E-state index in [2.05, 4.69) is 5.32 Å². The lowest BCUT2D eigenvalue weighted by Gasteiger charge is -2.17. The van der Waals surface area contributed by atoms with Crippen molar-refractivity contribution in [3.05, 3.63) is 0 Å². The van der Waals surface area contributed by atoms with Crippen LogP contribution in [-0.4, -0.2) is 29.7 Å². The smallest absolute Gasteiger partial charge is 0.237 e. The molecule has 0 rings (SSSR count). The number of amides is 1. The standard InChI is InChI=1S/C10H22N2O2/c1-4-5-8(11)10(14)12-6-9(13)7(2)3/h7-9,13H,4-6,11H2,1-3H3,(H,12,14)/t8-,9?/m1/s1. The summed E-state index contributed by atoms with van der Waals surface area (Å²) < 4.78 is 0. The molecule has 14 heavy (non-hydrogen) atoms. The first-order chi connectivity index (χ1) is 6.49. The third-order valence-corrected chi connectivity index (χ3v) is 2.19. The van der Waals surface area contributed by atoms with Crippen LogP contribution in [0.1, 0.15) is 33.6 Å². The Morgan fingerprint density at radius 3 is 2.50 bits per heavy atom. The lowest BCUT2D eigenvalue weighted by atomic mass is 10.1. The topological polar surface area (TPSA) is 75.4 Å². The SMILES string of the molecule is CCC[C@@H](N)C(=O)NCC(O)C(C)C. The third-order valence-electron chi connectivity index (χ3n) is 2.19. The summed E-state index contributed by atoms with van der Waals surface area (Å²) in [5.74, 6) is -0.0238. The molecule has 0 aliphatic heterocycles. The van der Waals surface area contributed by atoms with Crippen LogP contribution in [0.4, 0.5) is 0 Å². The molecule has 0 spiro atoms. The van der Waals surface area contributed by atoms with Gasteiger partial charge >= 0.3 is 0 Å². The fourth-order valence-electron chi connectivity index (χ4n) is 1.01. The fraction of sp³-hybridized carbons (Fsp3) is 0.900. The highest BCUT2D eigenvalue weighted by molar-refractivity contribution is 5.81. The summed E-state index contributed by atoms with van der Waals surface area (Å²) in [4.78, 5) is 11.3. The van der Waals surface area contributed by atoms with Gasteiger partial charge in [-0.15, -0.1) is 0 Å². The molecule has 0 aliphatic carbocycles. The minimum atomic E-state index is -0.493. The molecule has 0 aromatic heterocycles. The van der Waals surface area contributed by atoms with E-state index in [0.29, 0.717) is 6.42 Å². The van der Waals surface area contributed by atoms with Gasteiger partial charge in [-0.25, -0.2) is 0 Å². The van der Waals surface area contributed by atoms with Gasteiger partial charge in [0, 0.05) is 6.54 Å². The molecule has 0 saturated carbocycles. The second-order valence-electron chi connectivity index (χ2n) is 3.95. The van der Waals surface area contributed by atoms with Gasteiger partial charge in [-0.3, -0.25) is 4.79 Å². The van der Waals surface area contributed by atoms with E-state index < -0.39 is 12.1 Å². The number of hydrogen-bond acceptors (Lipinski definition) is 3. The molecule has 1 amide bonds. The Labute approximate surface area is 85.9 Å². The van der Waals surface area contributed by atoms with Crippen LogP contribution in [0.15, 0.2) is 0 Å². The zero-order valence-corrected chi connectivity index (χ0v) is 9.29. The van der Waals surface area contributed by atoms with Gasteiger partial charge in [0.25, 0.3) is 0 Å². The van der Waals surface area contributed by atoms with E-state index in [0.717, 1.165) is 6.42 Å². The van der Waals surface area contributed by atoms with E-state index >= 15 is 0 Å². The van der Waals surface area contributed by atoms with E-state index in [4.69, 9.17) is 5.73 Å². The number of nitrogens with two attached hydrogens (primary N) is 1. The summed E-state index contributed by atoms with van der Waals surface area (Å²) in [5.41, 5.74) is 5.60. The minimum Gasteiger partial charge on any atom is -0.391 e. The Balaban J connectivity index is 3.73. The van der Waals surface area contributed by atoms with Crippen molar-refractivity contribution >= 4 is 5.91 Å². The molecule has 4 heteroatoms. The highest BCUT2D eigenvalue weighted by atomic mass is 16.3. The van der Waals surface area contributed by atoms with Crippen molar-refractivity contribution in [3.63, 3.8) is 0 Å². The van der Waals surface area contributed by atoms with Crippen molar-refractivity contribution in [1.29, 1.82) is 0 Å². The lowest BCUT2D eigenvalue weighted by Crippen LogP contribution is -2.44. The second kappa shape index (κ2) is 6.79. The summed E-state index contributed by atoms with van der Waals surface area (Å²) in [7, 11) is 0. The Morgan fingerprint density at radius 2 is 2.07 bits per heavy atom. The number of hydrogen-bond donors (Lipinski definition) is 3. The highest BCUT2D eigenvalue weighted by Gasteiger charge is 2.14. The summed E-state index contributed by atoms with van der Waals surface area (Å²) in [6, 6.07) is -0.445. The Kier molecular flexibility index (Phi) is 6.49. The van der Waals surface area contributed by atoms with Gasteiger partial charge in [-0.1, -0.05) is 27.2 Å². The van der Waals surface area contributed by atoms with Gasteiger partial charge in [-0.05, 0) is 12.3 Å². The van der Waals surface area contributed by atoms with Crippen LogP contribution in [0.3, 0.4) is 0 Å². The van der Waals surface area contributed by atoms with Crippen LogP contribution < -0.4 is 11.1 Å². The number of nitrogens with one attached hydrogen (secondary N) is 1. The van der Waals surface area contributed by atoms with Gasteiger partial charge in [-0.2, -0.15) is 0 Å². The predicted molar refractivity (Wildman–Crippen MR) is 56.7 cm³/mol. The summed E-state index contributed by atoms with van der Waals surface area (Å²) >= 11 is 0.